The summed E-state index contributed by atoms with van der Waals surface area (Å²) < 4.78 is 24.3. The minimum Gasteiger partial charge on any atom is -0.495 e. The van der Waals surface area contributed by atoms with E-state index in [1.165, 1.54) is 25.3 Å². The fourth-order valence-electron chi connectivity index (χ4n) is 4.96. The van der Waals surface area contributed by atoms with Gasteiger partial charge in [0.2, 0.25) is 5.91 Å². The number of anilines is 1. The highest BCUT2D eigenvalue weighted by Gasteiger charge is 2.44. The zero-order valence-electron chi connectivity index (χ0n) is 22.1. The number of methoxy groups -OCH3 is 1. The molecule has 2 aliphatic rings. The molecule has 0 saturated carbocycles. The van der Waals surface area contributed by atoms with Gasteiger partial charge < -0.3 is 25.0 Å². The molecule has 0 aromatic heterocycles. The number of rotatable bonds is 5. The number of nitrogens with zero attached hydrogens (tertiary/aromatic N) is 3. The molecule has 2 bridgehead atoms. The van der Waals surface area contributed by atoms with Crippen LogP contribution in [0.5, 0.6) is 5.75 Å². The number of hydrogen-bond acceptors (Lipinski definition) is 6. The highest BCUT2D eigenvalue weighted by atomic mass is 35.5. The summed E-state index contributed by atoms with van der Waals surface area (Å²) in [7, 11) is 1.51. The van der Waals surface area contributed by atoms with Gasteiger partial charge in [-0.2, -0.15) is 0 Å². The Hall–Kier alpha value is -3.30. The van der Waals surface area contributed by atoms with Crippen LogP contribution in [0.3, 0.4) is 0 Å². The SMILES string of the molecule is COc1cc(C=CC(=O)N2C3CN(Cc4ccc(F)cc4)CC2CN(C(=O)OC(C)(C)C)C3)c(N)cc1Cl. The zero-order valence-corrected chi connectivity index (χ0v) is 22.9. The van der Waals surface area contributed by atoms with Gasteiger partial charge in [-0.3, -0.25) is 9.69 Å². The van der Waals surface area contributed by atoms with Gasteiger partial charge in [0.1, 0.15) is 17.2 Å². The van der Waals surface area contributed by atoms with Crippen molar-refractivity contribution in [2.75, 3.05) is 39.0 Å². The van der Waals surface area contributed by atoms with Crippen LogP contribution in [-0.4, -0.2) is 77.7 Å². The monoisotopic (exact) mass is 544 g/mol. The molecule has 38 heavy (non-hydrogen) atoms. The average Bonchev–Trinajstić information content (AvgIpc) is 2.83. The number of ether oxygens (including phenoxy) is 2. The van der Waals surface area contributed by atoms with Crippen LogP contribution in [-0.2, 0) is 16.1 Å². The van der Waals surface area contributed by atoms with Gasteiger partial charge in [-0.15, -0.1) is 0 Å². The van der Waals surface area contributed by atoms with Crippen molar-refractivity contribution in [2.45, 2.75) is 45.0 Å². The molecule has 2 aliphatic heterocycles. The molecule has 204 valence electrons. The highest BCUT2D eigenvalue weighted by Crippen LogP contribution is 2.31. The maximum absolute atomic E-state index is 13.5. The maximum atomic E-state index is 13.5. The van der Waals surface area contributed by atoms with Gasteiger partial charge in [0.25, 0.3) is 0 Å². The lowest BCUT2D eigenvalue weighted by atomic mass is 9.99. The van der Waals surface area contributed by atoms with Gasteiger partial charge in [-0.25, -0.2) is 9.18 Å². The molecule has 0 spiro atoms. The lowest BCUT2D eigenvalue weighted by Gasteiger charge is -2.52. The Labute approximate surface area is 227 Å². The van der Waals surface area contributed by atoms with E-state index in [0.29, 0.717) is 54.7 Å². The summed E-state index contributed by atoms with van der Waals surface area (Å²) in [6.07, 6.45) is 2.77. The van der Waals surface area contributed by atoms with Crippen LogP contribution in [0.1, 0.15) is 31.9 Å². The Morgan fingerprint density at radius 3 is 2.32 bits per heavy atom. The number of hydrogen-bond donors (Lipinski definition) is 1. The molecule has 2 aromatic carbocycles. The molecule has 4 rings (SSSR count). The van der Waals surface area contributed by atoms with E-state index >= 15 is 0 Å². The van der Waals surface area contributed by atoms with E-state index in [0.717, 1.165) is 5.56 Å². The average molecular weight is 545 g/mol. The molecule has 2 N–H and O–H groups in total. The van der Waals surface area contributed by atoms with Crippen molar-refractivity contribution >= 4 is 35.4 Å². The fourth-order valence-corrected chi connectivity index (χ4v) is 5.21. The predicted octanol–water partition coefficient (Wildman–Crippen LogP) is 4.42. The largest absolute Gasteiger partial charge is 0.495 e. The summed E-state index contributed by atoms with van der Waals surface area (Å²) in [6, 6.07) is 9.21. The number of carbonyl (C=O) groups excluding carboxylic acids is 2. The summed E-state index contributed by atoms with van der Waals surface area (Å²) in [5, 5.41) is 0.391. The molecule has 2 unspecified atom stereocenters. The fraction of sp³-hybridized carbons (Fsp3) is 0.429. The number of nitrogens with two attached hydrogens (primary N) is 1. The van der Waals surface area contributed by atoms with Crippen LogP contribution in [0.2, 0.25) is 5.02 Å². The van der Waals surface area contributed by atoms with Crippen LogP contribution in [0.15, 0.2) is 42.5 Å². The number of carbonyl (C=O) groups is 2. The molecule has 8 nitrogen and oxygen atoms in total. The van der Waals surface area contributed by atoms with Crippen LogP contribution < -0.4 is 10.5 Å². The van der Waals surface area contributed by atoms with Crippen LogP contribution in [0.25, 0.3) is 6.08 Å². The molecule has 2 amide bonds. The minimum absolute atomic E-state index is 0.168. The van der Waals surface area contributed by atoms with Gasteiger partial charge in [0, 0.05) is 50.1 Å². The predicted molar refractivity (Wildman–Crippen MR) is 145 cm³/mol. The first-order valence-electron chi connectivity index (χ1n) is 12.5. The Balaban J connectivity index is 1.54. The van der Waals surface area contributed by atoms with E-state index in [1.807, 2.05) is 25.7 Å². The van der Waals surface area contributed by atoms with E-state index in [1.54, 1.807) is 35.2 Å². The van der Waals surface area contributed by atoms with E-state index in [9.17, 15) is 14.0 Å². The Morgan fingerprint density at radius 2 is 1.74 bits per heavy atom. The first-order valence-corrected chi connectivity index (χ1v) is 12.9. The number of piperazine rings is 2. The lowest BCUT2D eigenvalue weighted by Crippen LogP contribution is -2.70. The van der Waals surface area contributed by atoms with Crippen molar-refractivity contribution in [1.29, 1.82) is 0 Å². The number of nitrogen functional groups attached to an aromatic ring is 1. The third-order valence-corrected chi connectivity index (χ3v) is 6.87. The number of halogens is 2. The van der Waals surface area contributed by atoms with Crippen LogP contribution in [0.4, 0.5) is 14.9 Å². The van der Waals surface area contributed by atoms with E-state index in [-0.39, 0.29) is 29.9 Å². The molecule has 0 radical (unpaired) electrons. The second-order valence-electron chi connectivity index (χ2n) is 10.7. The molecule has 2 atom stereocenters. The molecule has 10 heteroatoms. The first kappa shape index (κ1) is 27.7. The van der Waals surface area contributed by atoms with Crippen LogP contribution >= 0.6 is 11.6 Å². The molecule has 2 saturated heterocycles. The smallest absolute Gasteiger partial charge is 0.410 e. The number of benzene rings is 2. The standard InChI is InChI=1S/C28H34ClFN4O4/c1-28(2,3)38-27(36)33-16-21-14-32(13-18-5-8-20(30)9-6-18)15-22(17-33)34(21)26(35)10-7-19-11-25(37-4)23(29)12-24(19)31/h5-12,21-22H,13-17,31H2,1-4H3. The first-order chi connectivity index (χ1) is 17.9. The summed E-state index contributed by atoms with van der Waals surface area (Å²) in [6.45, 7) is 7.93. The lowest BCUT2D eigenvalue weighted by molar-refractivity contribution is -0.140. The van der Waals surface area contributed by atoms with Crippen molar-refractivity contribution in [3.63, 3.8) is 0 Å². The van der Waals surface area contributed by atoms with Crippen molar-refractivity contribution in [3.05, 3.63) is 64.4 Å². The quantitative estimate of drug-likeness (QED) is 0.443. The summed E-state index contributed by atoms with van der Waals surface area (Å²) >= 11 is 6.14. The summed E-state index contributed by atoms with van der Waals surface area (Å²) in [5.74, 6) is 0.0191. The van der Waals surface area contributed by atoms with Crippen LogP contribution in [0, 0.1) is 5.82 Å². The van der Waals surface area contributed by atoms with E-state index in [4.69, 9.17) is 26.8 Å². The second kappa shape index (κ2) is 11.2. The molecule has 2 heterocycles. The molecule has 2 fully saturated rings. The van der Waals surface area contributed by atoms with Crippen molar-refractivity contribution in [1.82, 2.24) is 14.7 Å². The summed E-state index contributed by atoms with van der Waals surface area (Å²) in [5.41, 5.74) is 7.52. The maximum Gasteiger partial charge on any atom is 0.410 e. The van der Waals surface area contributed by atoms with Gasteiger partial charge in [0.15, 0.2) is 0 Å². The summed E-state index contributed by atoms with van der Waals surface area (Å²) in [4.78, 5) is 32.1. The van der Waals surface area contributed by atoms with Gasteiger partial charge in [0.05, 0.1) is 24.2 Å². The minimum atomic E-state index is -0.615. The Bertz CT molecular complexity index is 1200. The highest BCUT2D eigenvalue weighted by molar-refractivity contribution is 6.32. The van der Waals surface area contributed by atoms with Gasteiger partial charge in [-0.05, 0) is 56.7 Å². The van der Waals surface area contributed by atoms with E-state index in [2.05, 4.69) is 4.90 Å². The molecular formula is C28H34ClFN4O4. The third-order valence-electron chi connectivity index (χ3n) is 6.58. The Morgan fingerprint density at radius 1 is 1.11 bits per heavy atom. The normalized spacial score (nSPS) is 20.1. The molecule has 0 aliphatic carbocycles. The Kier molecular flexibility index (Phi) is 8.18. The number of fused-ring (bicyclic) bond motifs is 2. The van der Waals surface area contributed by atoms with Gasteiger partial charge in [-0.1, -0.05) is 23.7 Å². The topological polar surface area (TPSA) is 88.3 Å². The van der Waals surface area contributed by atoms with Crippen molar-refractivity contribution in [2.24, 2.45) is 0 Å². The van der Waals surface area contributed by atoms with Crippen molar-refractivity contribution < 1.29 is 23.5 Å². The van der Waals surface area contributed by atoms with Gasteiger partial charge >= 0.3 is 6.09 Å². The molecular weight excluding hydrogens is 511 g/mol. The number of amides is 2. The third kappa shape index (κ3) is 6.57. The van der Waals surface area contributed by atoms with Crippen molar-refractivity contribution in [3.8, 4) is 5.75 Å². The zero-order chi connectivity index (χ0) is 27.6. The second-order valence-corrected chi connectivity index (χ2v) is 11.1. The molecule has 2 aromatic rings. The van der Waals surface area contributed by atoms with E-state index < -0.39 is 5.60 Å².